The fourth-order valence-corrected chi connectivity index (χ4v) is 2.65. The van der Waals surface area contributed by atoms with Gasteiger partial charge >= 0.3 is 0 Å². The molecule has 0 aliphatic heterocycles. The van der Waals surface area contributed by atoms with Crippen molar-refractivity contribution in [2.75, 3.05) is 0 Å². The van der Waals surface area contributed by atoms with E-state index in [1.807, 2.05) is 0 Å². The molecule has 0 aliphatic carbocycles. The molecule has 0 bridgehead atoms. The lowest BCUT2D eigenvalue weighted by molar-refractivity contribution is 0.581. The minimum absolute atomic E-state index is 0.146. The molecule has 1 aromatic carbocycles. The molecular formula is C12H15NS. The Balaban J connectivity index is 2.70. The van der Waals surface area contributed by atoms with Crippen LogP contribution in [0.15, 0.2) is 18.2 Å². The Labute approximate surface area is 88.9 Å². The number of hydrogen-bond acceptors (Lipinski definition) is 2. The Bertz CT molecular complexity index is 463. The molecule has 74 valence electrons. The van der Waals surface area contributed by atoms with Gasteiger partial charge in [-0.3, -0.25) is 0 Å². The van der Waals surface area contributed by atoms with Crippen LogP contribution in [0.3, 0.4) is 0 Å². The standard InChI is InChI=1S/C12H15NS/c1-8-5-6-9-10(7-8)14-13-11(9)12(2,3)4/h5-7H,1-4H3. The molecule has 0 spiro atoms. The van der Waals surface area contributed by atoms with Crippen molar-refractivity contribution >= 4 is 21.6 Å². The highest BCUT2D eigenvalue weighted by molar-refractivity contribution is 7.13. The number of aryl methyl sites for hydroxylation is 1. The van der Waals surface area contributed by atoms with Crippen molar-refractivity contribution in [3.8, 4) is 0 Å². The lowest BCUT2D eigenvalue weighted by Crippen LogP contribution is -2.11. The molecule has 1 nitrogen and oxygen atoms in total. The second-order valence-electron chi connectivity index (χ2n) is 4.78. The summed E-state index contributed by atoms with van der Waals surface area (Å²) >= 11 is 1.60. The number of hydrogen-bond donors (Lipinski definition) is 0. The second kappa shape index (κ2) is 3.06. The van der Waals surface area contributed by atoms with Crippen LogP contribution in [0.1, 0.15) is 32.0 Å². The third-order valence-electron chi connectivity index (χ3n) is 2.34. The average molecular weight is 205 g/mol. The molecule has 2 heteroatoms. The van der Waals surface area contributed by atoms with E-state index < -0.39 is 0 Å². The molecule has 0 aliphatic rings. The van der Waals surface area contributed by atoms with E-state index in [1.165, 1.54) is 21.3 Å². The summed E-state index contributed by atoms with van der Waals surface area (Å²) in [7, 11) is 0. The van der Waals surface area contributed by atoms with Crippen molar-refractivity contribution < 1.29 is 0 Å². The minimum atomic E-state index is 0.146. The average Bonchev–Trinajstić information content (AvgIpc) is 2.45. The molecule has 0 unspecified atom stereocenters. The zero-order valence-corrected chi connectivity index (χ0v) is 9.90. The van der Waals surface area contributed by atoms with Gasteiger partial charge in [0.1, 0.15) is 0 Å². The first-order valence-corrected chi connectivity index (χ1v) is 5.62. The SMILES string of the molecule is Cc1ccc2c(C(C)(C)C)nsc2c1. The third-order valence-corrected chi connectivity index (χ3v) is 3.15. The largest absolute Gasteiger partial charge is 0.196 e. The summed E-state index contributed by atoms with van der Waals surface area (Å²) < 4.78 is 5.85. The molecule has 0 saturated carbocycles. The van der Waals surface area contributed by atoms with Gasteiger partial charge in [-0.25, -0.2) is 0 Å². The van der Waals surface area contributed by atoms with E-state index >= 15 is 0 Å². The second-order valence-corrected chi connectivity index (χ2v) is 5.59. The van der Waals surface area contributed by atoms with Gasteiger partial charge in [0.15, 0.2) is 0 Å². The lowest BCUT2D eigenvalue weighted by Gasteiger charge is -2.15. The summed E-state index contributed by atoms with van der Waals surface area (Å²) in [6.45, 7) is 8.75. The molecular weight excluding hydrogens is 190 g/mol. The van der Waals surface area contributed by atoms with E-state index in [2.05, 4.69) is 50.3 Å². The Kier molecular flexibility index (Phi) is 2.11. The van der Waals surface area contributed by atoms with E-state index in [1.54, 1.807) is 11.5 Å². The van der Waals surface area contributed by atoms with E-state index in [0.29, 0.717) is 0 Å². The van der Waals surface area contributed by atoms with Crippen LogP contribution in [0.2, 0.25) is 0 Å². The minimum Gasteiger partial charge on any atom is -0.196 e. The molecule has 2 rings (SSSR count). The molecule has 14 heavy (non-hydrogen) atoms. The van der Waals surface area contributed by atoms with Crippen molar-refractivity contribution in [2.24, 2.45) is 0 Å². The van der Waals surface area contributed by atoms with Crippen molar-refractivity contribution in [1.82, 2.24) is 4.37 Å². The molecule has 1 heterocycles. The normalized spacial score (nSPS) is 12.3. The first-order valence-electron chi connectivity index (χ1n) is 4.85. The van der Waals surface area contributed by atoms with Gasteiger partial charge in [0, 0.05) is 10.8 Å². The van der Waals surface area contributed by atoms with E-state index in [0.717, 1.165) is 0 Å². The highest BCUT2D eigenvalue weighted by Crippen LogP contribution is 2.31. The van der Waals surface area contributed by atoms with Crippen LogP contribution in [0, 0.1) is 6.92 Å². The van der Waals surface area contributed by atoms with Gasteiger partial charge in [-0.15, -0.1) is 0 Å². The van der Waals surface area contributed by atoms with E-state index in [-0.39, 0.29) is 5.41 Å². The first-order chi connectivity index (χ1) is 6.48. The van der Waals surface area contributed by atoms with Crippen LogP contribution in [-0.2, 0) is 5.41 Å². The summed E-state index contributed by atoms with van der Waals surface area (Å²) in [5.74, 6) is 0. The maximum atomic E-state index is 4.55. The Hall–Kier alpha value is -0.890. The summed E-state index contributed by atoms with van der Waals surface area (Å²) in [4.78, 5) is 0. The number of nitrogens with zero attached hydrogens (tertiary/aromatic N) is 1. The van der Waals surface area contributed by atoms with Gasteiger partial charge in [-0.1, -0.05) is 32.9 Å². The molecule has 0 amide bonds. The van der Waals surface area contributed by atoms with Gasteiger partial charge in [0.05, 0.1) is 10.4 Å². The zero-order valence-electron chi connectivity index (χ0n) is 9.09. The van der Waals surface area contributed by atoms with Crippen LogP contribution in [0.4, 0.5) is 0 Å². The molecule has 0 atom stereocenters. The predicted molar refractivity (Wildman–Crippen MR) is 63.1 cm³/mol. The fraction of sp³-hybridized carbons (Fsp3) is 0.417. The van der Waals surface area contributed by atoms with Crippen LogP contribution < -0.4 is 0 Å². The van der Waals surface area contributed by atoms with Crippen molar-refractivity contribution in [2.45, 2.75) is 33.1 Å². The summed E-state index contributed by atoms with van der Waals surface area (Å²) in [5.41, 5.74) is 2.67. The molecule has 0 saturated heterocycles. The molecule has 0 fully saturated rings. The summed E-state index contributed by atoms with van der Waals surface area (Å²) in [6.07, 6.45) is 0. The fourth-order valence-electron chi connectivity index (χ4n) is 1.59. The smallest absolute Gasteiger partial charge is 0.0674 e. The number of benzene rings is 1. The van der Waals surface area contributed by atoms with Crippen molar-refractivity contribution in [3.05, 3.63) is 29.5 Å². The quantitative estimate of drug-likeness (QED) is 0.635. The number of rotatable bonds is 0. The van der Waals surface area contributed by atoms with Gasteiger partial charge in [-0.05, 0) is 30.1 Å². The van der Waals surface area contributed by atoms with Crippen LogP contribution >= 0.6 is 11.5 Å². The Morgan fingerprint density at radius 3 is 2.57 bits per heavy atom. The molecule has 0 radical (unpaired) electrons. The number of fused-ring (bicyclic) bond motifs is 1. The topological polar surface area (TPSA) is 12.9 Å². The highest BCUT2D eigenvalue weighted by Gasteiger charge is 2.19. The predicted octanol–water partition coefficient (Wildman–Crippen LogP) is 3.90. The van der Waals surface area contributed by atoms with Gasteiger partial charge in [0.2, 0.25) is 0 Å². The van der Waals surface area contributed by atoms with E-state index in [4.69, 9.17) is 0 Å². The van der Waals surface area contributed by atoms with Gasteiger partial charge < -0.3 is 0 Å². The molecule has 1 aromatic heterocycles. The van der Waals surface area contributed by atoms with Crippen LogP contribution in [0.25, 0.3) is 10.1 Å². The molecule has 0 N–H and O–H groups in total. The zero-order chi connectivity index (χ0) is 10.3. The summed E-state index contributed by atoms with van der Waals surface area (Å²) in [5, 5.41) is 1.31. The van der Waals surface area contributed by atoms with Crippen molar-refractivity contribution in [3.63, 3.8) is 0 Å². The van der Waals surface area contributed by atoms with E-state index in [9.17, 15) is 0 Å². The monoisotopic (exact) mass is 205 g/mol. The van der Waals surface area contributed by atoms with Crippen LogP contribution in [0.5, 0.6) is 0 Å². The lowest BCUT2D eigenvalue weighted by atomic mass is 9.90. The number of aromatic nitrogens is 1. The Morgan fingerprint density at radius 1 is 1.21 bits per heavy atom. The molecule has 2 aromatic rings. The van der Waals surface area contributed by atoms with Crippen LogP contribution in [-0.4, -0.2) is 4.37 Å². The van der Waals surface area contributed by atoms with Gasteiger partial charge in [-0.2, -0.15) is 4.37 Å². The maximum Gasteiger partial charge on any atom is 0.0674 e. The summed E-state index contributed by atoms with van der Waals surface area (Å²) in [6, 6.07) is 6.56. The highest BCUT2D eigenvalue weighted by atomic mass is 32.1. The third kappa shape index (κ3) is 1.55. The van der Waals surface area contributed by atoms with Gasteiger partial charge in [0.25, 0.3) is 0 Å². The Morgan fingerprint density at radius 2 is 1.93 bits per heavy atom. The van der Waals surface area contributed by atoms with Crippen molar-refractivity contribution in [1.29, 1.82) is 0 Å². The maximum absolute atomic E-state index is 4.55. The first kappa shape index (κ1) is 9.66.